The topological polar surface area (TPSA) is 59.6 Å². The molecule has 0 radical (unpaired) electrons. The Labute approximate surface area is 139 Å². The number of fused-ring (bicyclic) bond motifs is 1. The van der Waals surface area contributed by atoms with E-state index in [1.807, 2.05) is 25.1 Å². The molecule has 24 heavy (non-hydrogen) atoms. The lowest BCUT2D eigenvalue weighted by Crippen LogP contribution is -2.36. The van der Waals surface area contributed by atoms with E-state index in [0.717, 1.165) is 16.9 Å². The van der Waals surface area contributed by atoms with Gasteiger partial charge in [0, 0.05) is 6.54 Å². The molecule has 126 valence electrons. The molecule has 0 saturated heterocycles. The van der Waals surface area contributed by atoms with Gasteiger partial charge in [-0.25, -0.2) is 9.18 Å². The van der Waals surface area contributed by atoms with E-state index >= 15 is 0 Å². The van der Waals surface area contributed by atoms with Crippen LogP contribution in [0.1, 0.15) is 24.1 Å². The average molecular weight is 330 g/mol. The summed E-state index contributed by atoms with van der Waals surface area (Å²) in [7, 11) is 0. The molecule has 2 amide bonds. The zero-order valence-electron chi connectivity index (χ0n) is 13.3. The number of carbonyl (C=O) groups is 1. The van der Waals surface area contributed by atoms with Crippen LogP contribution in [0.4, 0.5) is 9.18 Å². The zero-order valence-corrected chi connectivity index (χ0v) is 13.3. The van der Waals surface area contributed by atoms with Gasteiger partial charge in [-0.1, -0.05) is 18.2 Å². The SMILES string of the molecule is C[C@H](NC(=O)NCc1ccc(F)cc1)c1ccc2c(c1)OCCO2. The predicted molar refractivity (Wildman–Crippen MR) is 87.6 cm³/mol. The maximum Gasteiger partial charge on any atom is 0.315 e. The van der Waals surface area contributed by atoms with Gasteiger partial charge >= 0.3 is 6.03 Å². The monoisotopic (exact) mass is 330 g/mol. The van der Waals surface area contributed by atoms with Crippen molar-refractivity contribution in [2.45, 2.75) is 19.5 Å². The number of hydrogen-bond acceptors (Lipinski definition) is 3. The van der Waals surface area contributed by atoms with Gasteiger partial charge in [-0.15, -0.1) is 0 Å². The summed E-state index contributed by atoms with van der Waals surface area (Å²) in [6.07, 6.45) is 0. The van der Waals surface area contributed by atoms with E-state index < -0.39 is 0 Å². The molecule has 1 aliphatic rings. The van der Waals surface area contributed by atoms with Gasteiger partial charge in [0.25, 0.3) is 0 Å². The Balaban J connectivity index is 1.55. The number of urea groups is 1. The summed E-state index contributed by atoms with van der Waals surface area (Å²) in [5, 5.41) is 5.62. The van der Waals surface area contributed by atoms with Crippen molar-refractivity contribution in [3.63, 3.8) is 0 Å². The van der Waals surface area contributed by atoms with Crippen LogP contribution < -0.4 is 20.1 Å². The molecule has 3 rings (SSSR count). The van der Waals surface area contributed by atoms with Gasteiger partial charge in [-0.2, -0.15) is 0 Å². The summed E-state index contributed by atoms with van der Waals surface area (Å²) in [5.41, 5.74) is 1.76. The molecule has 6 heteroatoms. The van der Waals surface area contributed by atoms with E-state index in [4.69, 9.17) is 9.47 Å². The lowest BCUT2D eigenvalue weighted by molar-refractivity contribution is 0.171. The van der Waals surface area contributed by atoms with Crippen LogP contribution in [0.25, 0.3) is 0 Å². The molecule has 2 N–H and O–H groups in total. The van der Waals surface area contributed by atoms with E-state index in [2.05, 4.69) is 10.6 Å². The first kappa shape index (κ1) is 16.1. The van der Waals surface area contributed by atoms with Gasteiger partial charge in [0.2, 0.25) is 0 Å². The lowest BCUT2D eigenvalue weighted by atomic mass is 10.1. The first-order chi connectivity index (χ1) is 11.6. The minimum atomic E-state index is -0.296. The van der Waals surface area contributed by atoms with Crippen molar-refractivity contribution in [1.29, 1.82) is 0 Å². The maximum absolute atomic E-state index is 12.8. The quantitative estimate of drug-likeness (QED) is 0.905. The van der Waals surface area contributed by atoms with E-state index in [-0.39, 0.29) is 17.9 Å². The van der Waals surface area contributed by atoms with Crippen molar-refractivity contribution in [3.05, 3.63) is 59.4 Å². The van der Waals surface area contributed by atoms with Crippen molar-refractivity contribution >= 4 is 6.03 Å². The summed E-state index contributed by atoms with van der Waals surface area (Å²) in [6.45, 7) is 3.30. The molecule has 1 heterocycles. The number of amides is 2. The number of rotatable bonds is 4. The molecule has 1 atom stereocenters. The predicted octanol–water partition coefficient (Wildman–Crippen LogP) is 3.16. The second kappa shape index (κ2) is 7.21. The van der Waals surface area contributed by atoms with Crippen LogP contribution in [0.15, 0.2) is 42.5 Å². The highest BCUT2D eigenvalue weighted by Crippen LogP contribution is 2.32. The van der Waals surface area contributed by atoms with E-state index in [0.29, 0.717) is 25.5 Å². The summed E-state index contributed by atoms with van der Waals surface area (Å²) < 4.78 is 23.9. The van der Waals surface area contributed by atoms with Crippen molar-refractivity contribution in [2.24, 2.45) is 0 Å². The summed E-state index contributed by atoms with van der Waals surface area (Å²) in [5.74, 6) is 1.12. The minimum Gasteiger partial charge on any atom is -0.486 e. The first-order valence-corrected chi connectivity index (χ1v) is 7.80. The molecule has 0 fully saturated rings. The van der Waals surface area contributed by atoms with E-state index in [1.165, 1.54) is 12.1 Å². The largest absolute Gasteiger partial charge is 0.486 e. The molecular formula is C18H19FN2O3. The number of nitrogens with one attached hydrogen (secondary N) is 2. The molecular weight excluding hydrogens is 311 g/mol. The number of halogens is 1. The summed E-state index contributed by atoms with van der Waals surface area (Å²) in [6, 6.07) is 11.2. The van der Waals surface area contributed by atoms with Gasteiger partial charge in [0.1, 0.15) is 19.0 Å². The Bertz CT molecular complexity index is 719. The fourth-order valence-corrected chi connectivity index (χ4v) is 2.44. The number of hydrogen-bond donors (Lipinski definition) is 2. The molecule has 5 nitrogen and oxygen atoms in total. The van der Waals surface area contributed by atoms with Gasteiger partial charge in [0.15, 0.2) is 11.5 Å². The van der Waals surface area contributed by atoms with Crippen LogP contribution in [-0.2, 0) is 6.54 Å². The van der Waals surface area contributed by atoms with Crippen LogP contribution in [0.2, 0.25) is 0 Å². The van der Waals surface area contributed by atoms with Gasteiger partial charge in [-0.05, 0) is 42.3 Å². The lowest BCUT2D eigenvalue weighted by Gasteiger charge is -2.21. The number of carbonyl (C=O) groups excluding carboxylic acids is 1. The maximum atomic E-state index is 12.8. The number of ether oxygens (including phenoxy) is 2. The Morgan fingerprint density at radius 2 is 1.83 bits per heavy atom. The van der Waals surface area contributed by atoms with Crippen LogP contribution in [-0.4, -0.2) is 19.2 Å². The molecule has 0 spiro atoms. The molecule has 0 unspecified atom stereocenters. The zero-order chi connectivity index (χ0) is 16.9. The van der Waals surface area contributed by atoms with Crippen LogP contribution in [0.3, 0.4) is 0 Å². The van der Waals surface area contributed by atoms with Crippen LogP contribution >= 0.6 is 0 Å². The summed E-state index contributed by atoms with van der Waals surface area (Å²) >= 11 is 0. The number of benzene rings is 2. The third kappa shape index (κ3) is 3.95. The smallest absolute Gasteiger partial charge is 0.315 e. The highest BCUT2D eigenvalue weighted by molar-refractivity contribution is 5.74. The molecule has 1 aliphatic heterocycles. The van der Waals surface area contributed by atoms with E-state index in [1.54, 1.807) is 12.1 Å². The third-order valence-electron chi connectivity index (χ3n) is 3.78. The molecule has 0 saturated carbocycles. The Morgan fingerprint density at radius 1 is 1.12 bits per heavy atom. The Hall–Kier alpha value is -2.76. The fourth-order valence-electron chi connectivity index (χ4n) is 2.44. The Kier molecular flexibility index (Phi) is 4.84. The summed E-state index contributed by atoms with van der Waals surface area (Å²) in [4.78, 5) is 12.0. The highest BCUT2D eigenvalue weighted by Gasteiger charge is 2.15. The van der Waals surface area contributed by atoms with Gasteiger partial charge < -0.3 is 20.1 Å². The first-order valence-electron chi connectivity index (χ1n) is 7.80. The third-order valence-corrected chi connectivity index (χ3v) is 3.78. The molecule has 0 aromatic heterocycles. The standard InChI is InChI=1S/C18H19FN2O3/c1-12(14-4-7-16-17(10-14)24-9-8-23-16)21-18(22)20-11-13-2-5-15(19)6-3-13/h2-7,10,12H,8-9,11H2,1H3,(H2,20,21,22)/t12-/m0/s1. The fraction of sp³-hybridized carbons (Fsp3) is 0.278. The van der Waals surface area contributed by atoms with Crippen molar-refractivity contribution < 1.29 is 18.7 Å². The van der Waals surface area contributed by atoms with Crippen molar-refractivity contribution in [3.8, 4) is 11.5 Å². The molecule has 0 bridgehead atoms. The normalized spacial score (nSPS) is 13.9. The second-order valence-corrected chi connectivity index (χ2v) is 5.58. The van der Waals surface area contributed by atoms with Gasteiger partial charge in [-0.3, -0.25) is 0 Å². The van der Waals surface area contributed by atoms with Gasteiger partial charge in [0.05, 0.1) is 6.04 Å². The second-order valence-electron chi connectivity index (χ2n) is 5.58. The highest BCUT2D eigenvalue weighted by atomic mass is 19.1. The molecule has 0 aliphatic carbocycles. The molecule has 2 aromatic rings. The van der Waals surface area contributed by atoms with Crippen molar-refractivity contribution in [1.82, 2.24) is 10.6 Å². The van der Waals surface area contributed by atoms with E-state index in [9.17, 15) is 9.18 Å². The molecule has 2 aromatic carbocycles. The minimum absolute atomic E-state index is 0.186. The van der Waals surface area contributed by atoms with Crippen LogP contribution in [0, 0.1) is 5.82 Å². The Morgan fingerprint density at radius 3 is 2.58 bits per heavy atom. The average Bonchev–Trinajstić information content (AvgIpc) is 2.61. The van der Waals surface area contributed by atoms with Crippen LogP contribution in [0.5, 0.6) is 11.5 Å². The van der Waals surface area contributed by atoms with Crippen molar-refractivity contribution in [2.75, 3.05) is 13.2 Å².